The minimum Gasteiger partial charge on any atom is -0.311 e. The maximum atomic E-state index is 3.63. The Bertz CT molecular complexity index is 95.1. The van der Waals surface area contributed by atoms with Gasteiger partial charge in [0.25, 0.3) is 0 Å². The molecular weight excluding hydrogens is 110 g/mol. The van der Waals surface area contributed by atoms with Crippen molar-refractivity contribution in [3.05, 3.63) is 0 Å². The van der Waals surface area contributed by atoms with Crippen molar-refractivity contribution < 1.29 is 0 Å². The molecule has 0 amide bonds. The van der Waals surface area contributed by atoms with Crippen LogP contribution in [0.1, 0.15) is 38.5 Å². The zero-order valence-corrected chi connectivity index (χ0v) is 5.95. The Morgan fingerprint density at radius 3 is 2.56 bits per heavy atom. The molecule has 2 rings (SSSR count). The highest BCUT2D eigenvalue weighted by Gasteiger charge is 2.41. The van der Waals surface area contributed by atoms with E-state index in [1.807, 2.05) is 0 Å². The molecule has 1 aliphatic carbocycles. The van der Waals surface area contributed by atoms with Crippen LogP contribution in [0.2, 0.25) is 0 Å². The van der Waals surface area contributed by atoms with Crippen molar-refractivity contribution in [3.63, 3.8) is 0 Å². The van der Waals surface area contributed by atoms with E-state index >= 15 is 0 Å². The van der Waals surface area contributed by atoms with Crippen LogP contribution in [-0.4, -0.2) is 12.1 Å². The van der Waals surface area contributed by atoms with E-state index in [1.165, 1.54) is 45.1 Å². The van der Waals surface area contributed by atoms with Crippen molar-refractivity contribution >= 4 is 0 Å². The summed E-state index contributed by atoms with van der Waals surface area (Å²) in [4.78, 5) is 0. The molecule has 0 aromatic carbocycles. The molecule has 1 saturated carbocycles. The summed E-state index contributed by atoms with van der Waals surface area (Å²) in [6, 6.07) is 0. The van der Waals surface area contributed by atoms with Gasteiger partial charge >= 0.3 is 0 Å². The van der Waals surface area contributed by atoms with Gasteiger partial charge in [0.2, 0.25) is 0 Å². The summed E-state index contributed by atoms with van der Waals surface area (Å²) in [7, 11) is 0. The van der Waals surface area contributed by atoms with Gasteiger partial charge < -0.3 is 5.32 Å². The molecule has 1 heteroatoms. The van der Waals surface area contributed by atoms with Crippen LogP contribution in [0.5, 0.6) is 0 Å². The van der Waals surface area contributed by atoms with Crippen LogP contribution in [0.3, 0.4) is 0 Å². The lowest BCUT2D eigenvalue weighted by atomic mass is 10.1. The molecular formula is C8H15N. The topological polar surface area (TPSA) is 12.0 Å². The summed E-state index contributed by atoms with van der Waals surface area (Å²) in [6.45, 7) is 1.28. The predicted molar refractivity (Wildman–Crippen MR) is 38.4 cm³/mol. The van der Waals surface area contributed by atoms with Crippen molar-refractivity contribution in [2.45, 2.75) is 44.1 Å². The SMILES string of the molecule is C1CCNC2(CC1)CC2. The molecule has 1 N–H and O–H groups in total. The Kier molecular flexibility index (Phi) is 1.26. The smallest absolute Gasteiger partial charge is 0.0182 e. The quantitative estimate of drug-likeness (QED) is 0.519. The van der Waals surface area contributed by atoms with E-state index in [0.29, 0.717) is 5.54 Å². The van der Waals surface area contributed by atoms with Crippen LogP contribution in [0.15, 0.2) is 0 Å². The largest absolute Gasteiger partial charge is 0.311 e. The Hall–Kier alpha value is -0.0400. The predicted octanol–water partition coefficient (Wildman–Crippen LogP) is 1.68. The van der Waals surface area contributed by atoms with Crippen LogP contribution in [0.25, 0.3) is 0 Å². The van der Waals surface area contributed by atoms with E-state index in [0.717, 1.165) is 0 Å². The highest BCUT2D eigenvalue weighted by atomic mass is 15.0. The molecule has 0 radical (unpaired) electrons. The number of rotatable bonds is 0. The molecule has 2 fully saturated rings. The van der Waals surface area contributed by atoms with Crippen LogP contribution in [0, 0.1) is 0 Å². The number of nitrogens with one attached hydrogen (secondary N) is 1. The number of hydrogen-bond acceptors (Lipinski definition) is 1. The maximum absolute atomic E-state index is 3.63. The van der Waals surface area contributed by atoms with Gasteiger partial charge in [0.1, 0.15) is 0 Å². The molecule has 1 saturated heterocycles. The van der Waals surface area contributed by atoms with Gasteiger partial charge in [-0.3, -0.25) is 0 Å². The lowest BCUT2D eigenvalue weighted by Crippen LogP contribution is -2.29. The van der Waals surface area contributed by atoms with E-state index < -0.39 is 0 Å². The molecule has 0 unspecified atom stereocenters. The van der Waals surface area contributed by atoms with Crippen molar-refractivity contribution in [3.8, 4) is 0 Å². The summed E-state index contributed by atoms with van der Waals surface area (Å²) < 4.78 is 0. The molecule has 1 nitrogen and oxygen atoms in total. The monoisotopic (exact) mass is 125 g/mol. The number of hydrogen-bond donors (Lipinski definition) is 1. The van der Waals surface area contributed by atoms with Gasteiger partial charge in [-0.05, 0) is 32.2 Å². The van der Waals surface area contributed by atoms with Gasteiger partial charge in [-0.15, -0.1) is 0 Å². The summed E-state index contributed by atoms with van der Waals surface area (Å²) >= 11 is 0. The second-order valence-corrected chi connectivity index (χ2v) is 3.52. The van der Waals surface area contributed by atoms with Crippen LogP contribution < -0.4 is 5.32 Å². The third-order valence-corrected chi connectivity index (χ3v) is 2.69. The van der Waals surface area contributed by atoms with Gasteiger partial charge in [-0.1, -0.05) is 12.8 Å². The van der Waals surface area contributed by atoms with Gasteiger partial charge in [0, 0.05) is 5.54 Å². The van der Waals surface area contributed by atoms with Crippen LogP contribution in [0.4, 0.5) is 0 Å². The Balaban J connectivity index is 1.92. The molecule has 52 valence electrons. The standard InChI is InChI=1S/C8H15N/c1-2-4-8(5-6-8)9-7-3-1/h9H,1-7H2. The highest BCUT2D eigenvalue weighted by molar-refractivity contribution is 5.02. The fraction of sp³-hybridized carbons (Fsp3) is 1.00. The van der Waals surface area contributed by atoms with Gasteiger partial charge in [-0.25, -0.2) is 0 Å². The second-order valence-electron chi connectivity index (χ2n) is 3.52. The zero-order chi connectivity index (χ0) is 6.16. The molecule has 1 heterocycles. The summed E-state index contributed by atoms with van der Waals surface area (Å²) in [5, 5.41) is 3.63. The first-order valence-electron chi connectivity index (χ1n) is 4.16. The lowest BCUT2D eigenvalue weighted by Gasteiger charge is -2.11. The van der Waals surface area contributed by atoms with Gasteiger partial charge in [-0.2, -0.15) is 0 Å². The first kappa shape index (κ1) is 5.72. The zero-order valence-electron chi connectivity index (χ0n) is 5.95. The first-order chi connectivity index (χ1) is 4.41. The van der Waals surface area contributed by atoms with Gasteiger partial charge in [0.15, 0.2) is 0 Å². The second kappa shape index (κ2) is 1.98. The molecule has 1 aliphatic heterocycles. The van der Waals surface area contributed by atoms with Crippen molar-refractivity contribution in [1.82, 2.24) is 5.32 Å². The summed E-state index contributed by atoms with van der Waals surface area (Å²) in [6.07, 6.45) is 8.68. The fourth-order valence-electron chi connectivity index (χ4n) is 1.78. The molecule has 0 aromatic rings. The minimum absolute atomic E-state index is 0.663. The normalized spacial score (nSPS) is 32.0. The van der Waals surface area contributed by atoms with Crippen LogP contribution in [-0.2, 0) is 0 Å². The lowest BCUT2D eigenvalue weighted by molar-refractivity contribution is 0.496. The van der Waals surface area contributed by atoms with Crippen molar-refractivity contribution in [2.75, 3.05) is 6.54 Å². The average molecular weight is 125 g/mol. The summed E-state index contributed by atoms with van der Waals surface area (Å²) in [5.41, 5.74) is 0.663. The molecule has 0 atom stereocenters. The van der Waals surface area contributed by atoms with E-state index in [-0.39, 0.29) is 0 Å². The Labute approximate surface area is 56.8 Å². The van der Waals surface area contributed by atoms with Crippen LogP contribution >= 0.6 is 0 Å². The Morgan fingerprint density at radius 1 is 0.889 bits per heavy atom. The minimum atomic E-state index is 0.663. The molecule has 9 heavy (non-hydrogen) atoms. The first-order valence-corrected chi connectivity index (χ1v) is 4.16. The highest BCUT2D eigenvalue weighted by Crippen LogP contribution is 2.41. The van der Waals surface area contributed by atoms with E-state index in [1.54, 1.807) is 0 Å². The Morgan fingerprint density at radius 2 is 1.78 bits per heavy atom. The van der Waals surface area contributed by atoms with E-state index in [4.69, 9.17) is 0 Å². The van der Waals surface area contributed by atoms with Crippen molar-refractivity contribution in [1.29, 1.82) is 0 Å². The third kappa shape index (κ3) is 1.11. The van der Waals surface area contributed by atoms with E-state index in [2.05, 4.69) is 5.32 Å². The molecule has 2 aliphatic rings. The van der Waals surface area contributed by atoms with Gasteiger partial charge in [0.05, 0.1) is 0 Å². The molecule has 0 bridgehead atoms. The molecule has 0 aromatic heterocycles. The maximum Gasteiger partial charge on any atom is 0.0182 e. The fourth-order valence-corrected chi connectivity index (χ4v) is 1.78. The van der Waals surface area contributed by atoms with Crippen molar-refractivity contribution in [2.24, 2.45) is 0 Å². The summed E-state index contributed by atoms with van der Waals surface area (Å²) in [5.74, 6) is 0. The average Bonchev–Trinajstić information content (AvgIpc) is 2.64. The third-order valence-electron chi connectivity index (χ3n) is 2.69. The van der Waals surface area contributed by atoms with E-state index in [9.17, 15) is 0 Å². The molecule has 1 spiro atoms.